The minimum atomic E-state index is -0.304. The van der Waals surface area contributed by atoms with E-state index in [1.165, 1.54) is 16.2 Å². The number of amides is 1. The van der Waals surface area contributed by atoms with Gasteiger partial charge in [0.1, 0.15) is 11.2 Å². The van der Waals surface area contributed by atoms with E-state index in [1.54, 1.807) is 11.1 Å². The summed E-state index contributed by atoms with van der Waals surface area (Å²) in [5.74, 6) is 0.0887. The third-order valence-corrected chi connectivity index (χ3v) is 5.08. The van der Waals surface area contributed by atoms with Crippen LogP contribution in [0.25, 0.3) is 5.65 Å². The molecule has 0 radical (unpaired) electrons. The first-order valence-electron chi connectivity index (χ1n) is 8.96. The fraction of sp³-hybridized carbons (Fsp3) is 0.286. The molecule has 1 aromatic carbocycles. The van der Waals surface area contributed by atoms with E-state index in [0.29, 0.717) is 24.7 Å². The van der Waals surface area contributed by atoms with Crippen LogP contribution in [0.4, 0.5) is 0 Å². The van der Waals surface area contributed by atoms with Crippen LogP contribution in [0, 0.1) is 6.92 Å². The van der Waals surface area contributed by atoms with Crippen molar-refractivity contribution in [2.75, 3.05) is 13.1 Å². The molecule has 0 saturated carbocycles. The van der Waals surface area contributed by atoms with Crippen molar-refractivity contribution in [2.24, 2.45) is 0 Å². The Kier molecular flexibility index (Phi) is 4.29. The van der Waals surface area contributed by atoms with E-state index >= 15 is 0 Å². The van der Waals surface area contributed by atoms with E-state index in [4.69, 9.17) is 0 Å². The van der Waals surface area contributed by atoms with Crippen LogP contribution in [0.2, 0.25) is 0 Å². The van der Waals surface area contributed by atoms with Crippen LogP contribution in [-0.2, 0) is 0 Å². The second-order valence-corrected chi connectivity index (χ2v) is 6.91. The molecule has 0 N–H and O–H groups in total. The largest absolute Gasteiger partial charge is 0.338 e. The molecule has 2 aromatic heterocycles. The van der Waals surface area contributed by atoms with E-state index in [2.05, 4.69) is 17.1 Å². The van der Waals surface area contributed by atoms with Gasteiger partial charge in [-0.2, -0.15) is 0 Å². The van der Waals surface area contributed by atoms with Crippen molar-refractivity contribution in [2.45, 2.75) is 25.7 Å². The Morgan fingerprint density at radius 3 is 2.81 bits per heavy atom. The van der Waals surface area contributed by atoms with Gasteiger partial charge in [-0.3, -0.25) is 14.0 Å². The number of hydrogen-bond donors (Lipinski definition) is 0. The van der Waals surface area contributed by atoms with Gasteiger partial charge in [-0.15, -0.1) is 0 Å². The highest BCUT2D eigenvalue weighted by atomic mass is 16.2. The molecule has 0 aliphatic carbocycles. The van der Waals surface area contributed by atoms with Crippen LogP contribution in [0.15, 0.2) is 59.7 Å². The fourth-order valence-corrected chi connectivity index (χ4v) is 3.65. The zero-order valence-electron chi connectivity index (χ0n) is 14.8. The molecule has 1 aliphatic rings. The van der Waals surface area contributed by atoms with Crippen molar-refractivity contribution in [3.05, 3.63) is 81.9 Å². The highest BCUT2D eigenvalue weighted by molar-refractivity contribution is 5.93. The van der Waals surface area contributed by atoms with Gasteiger partial charge in [0.15, 0.2) is 0 Å². The van der Waals surface area contributed by atoms with Crippen LogP contribution in [0.1, 0.15) is 40.2 Å². The number of fused-ring (bicyclic) bond motifs is 1. The predicted octanol–water partition coefficient (Wildman–Crippen LogP) is 3.02. The number of aryl methyl sites for hydroxylation is 1. The molecule has 1 aliphatic heterocycles. The van der Waals surface area contributed by atoms with Crippen molar-refractivity contribution in [3.63, 3.8) is 0 Å². The van der Waals surface area contributed by atoms with Crippen LogP contribution in [0.5, 0.6) is 0 Å². The van der Waals surface area contributed by atoms with E-state index in [0.717, 1.165) is 18.4 Å². The topological polar surface area (TPSA) is 54.7 Å². The molecule has 132 valence electrons. The van der Waals surface area contributed by atoms with Gasteiger partial charge in [0.05, 0.1) is 0 Å². The number of aromatic nitrogens is 2. The van der Waals surface area contributed by atoms with E-state index < -0.39 is 0 Å². The predicted molar refractivity (Wildman–Crippen MR) is 101 cm³/mol. The Morgan fingerprint density at radius 1 is 1.19 bits per heavy atom. The Morgan fingerprint density at radius 2 is 2.00 bits per heavy atom. The number of carbonyl (C=O) groups excluding carboxylic acids is 1. The summed E-state index contributed by atoms with van der Waals surface area (Å²) in [5, 5.41) is 0. The Hall–Kier alpha value is -2.95. The van der Waals surface area contributed by atoms with Crippen LogP contribution >= 0.6 is 0 Å². The summed E-state index contributed by atoms with van der Waals surface area (Å²) in [4.78, 5) is 31.8. The minimum absolute atomic E-state index is 0.139. The maximum absolute atomic E-state index is 13.0. The third-order valence-electron chi connectivity index (χ3n) is 5.08. The molecule has 1 atom stereocenters. The molecule has 3 heterocycles. The van der Waals surface area contributed by atoms with E-state index in [9.17, 15) is 9.59 Å². The van der Waals surface area contributed by atoms with Crippen molar-refractivity contribution >= 4 is 11.6 Å². The van der Waals surface area contributed by atoms with Crippen molar-refractivity contribution < 1.29 is 4.79 Å². The van der Waals surface area contributed by atoms with Crippen LogP contribution < -0.4 is 5.56 Å². The summed E-state index contributed by atoms with van der Waals surface area (Å²) in [6, 6.07) is 13.9. The minimum Gasteiger partial charge on any atom is -0.338 e. The maximum Gasteiger partial charge on any atom is 0.270 e. The quantitative estimate of drug-likeness (QED) is 0.716. The molecule has 26 heavy (non-hydrogen) atoms. The lowest BCUT2D eigenvalue weighted by atomic mass is 9.90. The van der Waals surface area contributed by atoms with Crippen molar-refractivity contribution in [1.29, 1.82) is 0 Å². The van der Waals surface area contributed by atoms with Crippen molar-refractivity contribution in [1.82, 2.24) is 14.3 Å². The molecular weight excluding hydrogens is 326 g/mol. The Labute approximate surface area is 151 Å². The van der Waals surface area contributed by atoms with Gasteiger partial charge in [0, 0.05) is 31.4 Å². The van der Waals surface area contributed by atoms with Crippen molar-refractivity contribution in [3.8, 4) is 0 Å². The first kappa shape index (κ1) is 16.5. The Balaban J connectivity index is 1.63. The molecule has 1 amide bonds. The summed E-state index contributed by atoms with van der Waals surface area (Å²) in [5.41, 5.74) is 2.67. The standard InChI is InChI=1S/C21H21N3O2/c1-15-9-11-24-19(12-15)22-13-18(21(24)26)20(25)23-10-5-8-17(14-23)16-6-3-2-4-7-16/h2-4,6-7,9,11-13,17H,5,8,10,14H2,1H3. The van der Waals surface area contributed by atoms with Gasteiger partial charge in [0.2, 0.25) is 0 Å². The summed E-state index contributed by atoms with van der Waals surface area (Å²) >= 11 is 0. The molecule has 1 unspecified atom stereocenters. The molecule has 5 nitrogen and oxygen atoms in total. The first-order valence-corrected chi connectivity index (χ1v) is 8.96. The summed E-state index contributed by atoms with van der Waals surface area (Å²) in [7, 11) is 0. The zero-order chi connectivity index (χ0) is 18.1. The highest BCUT2D eigenvalue weighted by Crippen LogP contribution is 2.27. The monoisotopic (exact) mass is 347 g/mol. The van der Waals surface area contributed by atoms with Gasteiger partial charge >= 0.3 is 0 Å². The lowest BCUT2D eigenvalue weighted by Crippen LogP contribution is -2.41. The number of piperidine rings is 1. The molecule has 1 saturated heterocycles. The number of pyridine rings is 1. The molecular formula is C21H21N3O2. The van der Waals surface area contributed by atoms with Gasteiger partial charge in [-0.05, 0) is 43.0 Å². The normalized spacial score (nSPS) is 17.4. The van der Waals surface area contributed by atoms with Gasteiger partial charge < -0.3 is 4.90 Å². The van der Waals surface area contributed by atoms with Gasteiger partial charge in [-0.25, -0.2) is 4.98 Å². The van der Waals surface area contributed by atoms with Crippen LogP contribution in [0.3, 0.4) is 0 Å². The molecule has 4 rings (SSSR count). The molecule has 0 bridgehead atoms. The summed E-state index contributed by atoms with van der Waals surface area (Å²) in [6.45, 7) is 3.26. The van der Waals surface area contributed by atoms with Gasteiger partial charge in [0.25, 0.3) is 11.5 Å². The van der Waals surface area contributed by atoms with Gasteiger partial charge in [-0.1, -0.05) is 30.3 Å². The summed E-state index contributed by atoms with van der Waals surface area (Å²) in [6.07, 6.45) is 5.10. The third kappa shape index (κ3) is 3.01. The molecule has 1 fully saturated rings. The lowest BCUT2D eigenvalue weighted by Gasteiger charge is -2.33. The maximum atomic E-state index is 13.0. The second kappa shape index (κ2) is 6.75. The molecule has 3 aromatic rings. The number of hydrogen-bond acceptors (Lipinski definition) is 3. The first-order chi connectivity index (χ1) is 12.6. The summed E-state index contributed by atoms with van der Waals surface area (Å²) < 4.78 is 1.44. The Bertz CT molecular complexity index is 1010. The van der Waals surface area contributed by atoms with E-state index in [1.807, 2.05) is 37.3 Å². The van der Waals surface area contributed by atoms with Crippen LogP contribution in [-0.4, -0.2) is 33.3 Å². The SMILES string of the molecule is Cc1ccn2c(=O)c(C(=O)N3CCCC(c4ccccc4)C3)cnc2c1. The zero-order valence-corrected chi connectivity index (χ0v) is 14.8. The highest BCUT2D eigenvalue weighted by Gasteiger charge is 2.27. The average molecular weight is 347 g/mol. The number of carbonyl (C=O) groups is 1. The number of likely N-dealkylation sites (tertiary alicyclic amines) is 1. The number of benzene rings is 1. The number of rotatable bonds is 2. The molecule has 0 spiro atoms. The van der Waals surface area contributed by atoms with E-state index in [-0.39, 0.29) is 17.0 Å². The lowest BCUT2D eigenvalue weighted by molar-refractivity contribution is 0.0704. The fourth-order valence-electron chi connectivity index (χ4n) is 3.65. The smallest absolute Gasteiger partial charge is 0.270 e. The average Bonchev–Trinajstić information content (AvgIpc) is 2.68. The number of nitrogens with zero attached hydrogens (tertiary/aromatic N) is 3. The second-order valence-electron chi connectivity index (χ2n) is 6.91. The molecule has 5 heteroatoms.